The Labute approximate surface area is 186 Å². The Bertz CT molecular complexity index is 1170. The summed E-state index contributed by atoms with van der Waals surface area (Å²) in [6, 6.07) is 15.7. The number of nitrogens with zero attached hydrogens (tertiary/aromatic N) is 1. The number of ether oxygens (including phenoxy) is 1. The van der Waals surface area contributed by atoms with E-state index in [1.807, 2.05) is 0 Å². The van der Waals surface area contributed by atoms with E-state index >= 15 is 0 Å². The third-order valence-electron chi connectivity index (χ3n) is 4.51. The first-order chi connectivity index (χ1) is 15.3. The van der Waals surface area contributed by atoms with Gasteiger partial charge in [-0.05, 0) is 54.6 Å². The molecule has 0 fully saturated rings. The van der Waals surface area contributed by atoms with Crippen LogP contribution in [0.15, 0.2) is 76.2 Å². The number of methoxy groups -OCH3 is 1. The van der Waals surface area contributed by atoms with E-state index in [0.29, 0.717) is 17.2 Å². The number of carbonyl (C=O) groups is 2. The van der Waals surface area contributed by atoms with Gasteiger partial charge in [0.05, 0.1) is 31.4 Å². The molecule has 0 atom stereocenters. The van der Waals surface area contributed by atoms with Crippen LogP contribution in [-0.4, -0.2) is 45.8 Å². The van der Waals surface area contributed by atoms with Crippen LogP contribution in [-0.2, 0) is 21.4 Å². The Morgan fingerprint density at radius 3 is 2.47 bits per heavy atom. The van der Waals surface area contributed by atoms with Gasteiger partial charge in [-0.15, -0.1) is 0 Å². The Kier molecular flexibility index (Phi) is 7.29. The number of hydrogen-bond acceptors (Lipinski definition) is 6. The van der Waals surface area contributed by atoms with E-state index in [4.69, 9.17) is 9.15 Å². The Hall–Kier alpha value is -3.63. The number of benzene rings is 2. The second-order valence-electron chi connectivity index (χ2n) is 6.87. The maximum Gasteiger partial charge on any atom is 0.254 e. The van der Waals surface area contributed by atoms with Crippen molar-refractivity contribution in [2.75, 3.05) is 26.0 Å². The van der Waals surface area contributed by atoms with E-state index in [2.05, 4.69) is 10.0 Å². The summed E-state index contributed by atoms with van der Waals surface area (Å²) in [5.41, 5.74) is 0.706. The van der Waals surface area contributed by atoms with Crippen LogP contribution in [0.25, 0.3) is 0 Å². The third-order valence-corrected chi connectivity index (χ3v) is 5.91. The number of nitrogens with one attached hydrogen (secondary N) is 2. The Balaban J connectivity index is 1.62. The summed E-state index contributed by atoms with van der Waals surface area (Å²) in [4.78, 5) is 26.2. The van der Waals surface area contributed by atoms with Crippen LogP contribution in [0, 0.1) is 0 Å². The summed E-state index contributed by atoms with van der Waals surface area (Å²) in [5.74, 6) is 0.236. The van der Waals surface area contributed by atoms with Gasteiger partial charge in [-0.1, -0.05) is 6.07 Å². The van der Waals surface area contributed by atoms with Gasteiger partial charge in [0.15, 0.2) is 0 Å². The van der Waals surface area contributed by atoms with E-state index in [9.17, 15) is 18.0 Å². The molecular weight excluding hydrogens is 434 g/mol. The zero-order chi connectivity index (χ0) is 23.1. The predicted octanol–water partition coefficient (Wildman–Crippen LogP) is 2.48. The van der Waals surface area contributed by atoms with Gasteiger partial charge in [-0.2, -0.15) is 0 Å². The molecule has 1 heterocycles. The monoisotopic (exact) mass is 457 g/mol. The van der Waals surface area contributed by atoms with Crippen LogP contribution in [0.2, 0.25) is 0 Å². The fourth-order valence-corrected chi connectivity index (χ4v) is 3.88. The highest BCUT2D eigenvalue weighted by molar-refractivity contribution is 7.89. The molecule has 2 N–H and O–H groups in total. The molecule has 2 aromatic carbocycles. The molecule has 0 spiro atoms. The predicted molar refractivity (Wildman–Crippen MR) is 118 cm³/mol. The maximum absolute atomic E-state index is 12.7. The molecule has 0 unspecified atom stereocenters. The van der Waals surface area contributed by atoms with E-state index in [0.717, 1.165) is 0 Å². The summed E-state index contributed by atoms with van der Waals surface area (Å²) in [6.45, 7) is -0.225. The van der Waals surface area contributed by atoms with Gasteiger partial charge >= 0.3 is 0 Å². The van der Waals surface area contributed by atoms with Gasteiger partial charge in [0, 0.05) is 18.3 Å². The summed E-state index contributed by atoms with van der Waals surface area (Å²) in [7, 11) is -0.848. The van der Waals surface area contributed by atoms with Crippen molar-refractivity contribution in [2.24, 2.45) is 0 Å². The molecule has 168 valence electrons. The van der Waals surface area contributed by atoms with Crippen molar-refractivity contribution >= 4 is 27.5 Å². The first kappa shape index (κ1) is 23.0. The first-order valence-electron chi connectivity index (χ1n) is 9.60. The fourth-order valence-electron chi connectivity index (χ4n) is 2.84. The first-order valence-corrected chi connectivity index (χ1v) is 11.1. The molecular formula is C22H23N3O6S. The van der Waals surface area contributed by atoms with Crippen LogP contribution in [0.4, 0.5) is 5.69 Å². The molecule has 10 heteroatoms. The summed E-state index contributed by atoms with van der Waals surface area (Å²) in [5, 5.41) is 2.69. The van der Waals surface area contributed by atoms with Gasteiger partial charge in [-0.25, -0.2) is 13.1 Å². The van der Waals surface area contributed by atoms with Crippen molar-refractivity contribution in [1.82, 2.24) is 9.62 Å². The zero-order valence-electron chi connectivity index (χ0n) is 17.6. The van der Waals surface area contributed by atoms with Crippen LogP contribution >= 0.6 is 0 Å². The molecule has 0 aliphatic heterocycles. The molecule has 2 amide bonds. The molecule has 3 rings (SSSR count). The number of hydrogen-bond donors (Lipinski definition) is 2. The quantitative estimate of drug-likeness (QED) is 0.510. The molecule has 0 saturated carbocycles. The number of likely N-dealkylation sites (N-methyl/N-ethyl adjacent to an activating group) is 1. The van der Waals surface area contributed by atoms with Crippen LogP contribution in [0.5, 0.6) is 5.75 Å². The van der Waals surface area contributed by atoms with Gasteiger partial charge < -0.3 is 19.4 Å². The average molecular weight is 458 g/mol. The van der Waals surface area contributed by atoms with E-state index < -0.39 is 21.8 Å². The minimum atomic E-state index is -3.86. The number of rotatable bonds is 9. The SMILES string of the molecule is COc1ccc(NC(=O)CN(C)C(=O)c2cccc(S(=O)(=O)NCc3ccco3)c2)cc1. The van der Waals surface area contributed by atoms with E-state index in [1.165, 1.54) is 42.5 Å². The average Bonchev–Trinajstić information content (AvgIpc) is 3.31. The Morgan fingerprint density at radius 1 is 1.06 bits per heavy atom. The van der Waals surface area contributed by atoms with Crippen LogP contribution in [0.3, 0.4) is 0 Å². The summed E-state index contributed by atoms with van der Waals surface area (Å²) < 4.78 is 37.7. The molecule has 0 aliphatic carbocycles. The van der Waals surface area contributed by atoms with Gasteiger partial charge in [0.1, 0.15) is 11.5 Å². The maximum atomic E-state index is 12.7. The van der Waals surface area contributed by atoms with Crippen molar-refractivity contribution in [2.45, 2.75) is 11.4 Å². The van der Waals surface area contributed by atoms with Crippen molar-refractivity contribution in [3.63, 3.8) is 0 Å². The highest BCUT2D eigenvalue weighted by Crippen LogP contribution is 2.16. The lowest BCUT2D eigenvalue weighted by Gasteiger charge is -2.17. The molecule has 3 aromatic rings. The fraction of sp³-hybridized carbons (Fsp3) is 0.182. The lowest BCUT2D eigenvalue weighted by Crippen LogP contribution is -2.35. The van der Waals surface area contributed by atoms with Crippen molar-refractivity contribution < 1.29 is 27.2 Å². The lowest BCUT2D eigenvalue weighted by atomic mass is 10.2. The number of anilines is 1. The molecule has 32 heavy (non-hydrogen) atoms. The van der Waals surface area contributed by atoms with Gasteiger partial charge in [0.2, 0.25) is 15.9 Å². The minimum Gasteiger partial charge on any atom is -0.497 e. The van der Waals surface area contributed by atoms with E-state index in [1.54, 1.807) is 43.5 Å². The second kappa shape index (κ2) is 10.1. The van der Waals surface area contributed by atoms with Crippen molar-refractivity contribution in [3.8, 4) is 5.75 Å². The normalized spacial score (nSPS) is 11.1. The van der Waals surface area contributed by atoms with Crippen molar-refractivity contribution in [1.29, 1.82) is 0 Å². The molecule has 9 nitrogen and oxygen atoms in total. The highest BCUT2D eigenvalue weighted by Gasteiger charge is 2.19. The zero-order valence-corrected chi connectivity index (χ0v) is 18.4. The van der Waals surface area contributed by atoms with Gasteiger partial charge in [0.25, 0.3) is 5.91 Å². The largest absolute Gasteiger partial charge is 0.497 e. The molecule has 0 saturated heterocycles. The number of carbonyl (C=O) groups excluding carboxylic acids is 2. The molecule has 1 aromatic heterocycles. The summed E-state index contributed by atoms with van der Waals surface area (Å²) >= 11 is 0. The Morgan fingerprint density at radius 2 is 1.81 bits per heavy atom. The van der Waals surface area contributed by atoms with E-state index in [-0.39, 0.29) is 23.5 Å². The summed E-state index contributed by atoms with van der Waals surface area (Å²) in [6.07, 6.45) is 1.45. The third kappa shape index (κ3) is 5.96. The topological polar surface area (TPSA) is 118 Å². The molecule has 0 radical (unpaired) electrons. The van der Waals surface area contributed by atoms with Crippen LogP contribution in [0.1, 0.15) is 16.1 Å². The minimum absolute atomic E-state index is 0.0149. The van der Waals surface area contributed by atoms with Crippen LogP contribution < -0.4 is 14.8 Å². The van der Waals surface area contributed by atoms with Gasteiger partial charge in [-0.3, -0.25) is 9.59 Å². The number of amides is 2. The standard InChI is InChI=1S/C22H23N3O6S/c1-25(15-21(26)24-17-8-10-18(30-2)11-9-17)22(27)16-5-3-7-20(13-16)32(28,29)23-14-19-6-4-12-31-19/h3-13,23H,14-15H2,1-2H3,(H,24,26). The highest BCUT2D eigenvalue weighted by atomic mass is 32.2. The second-order valence-corrected chi connectivity index (χ2v) is 8.64. The number of sulfonamides is 1. The lowest BCUT2D eigenvalue weighted by molar-refractivity contribution is -0.116. The molecule has 0 aliphatic rings. The molecule has 0 bridgehead atoms. The number of furan rings is 1. The van der Waals surface area contributed by atoms with Crippen molar-refractivity contribution in [3.05, 3.63) is 78.3 Å². The smallest absolute Gasteiger partial charge is 0.254 e.